The quantitative estimate of drug-likeness (QED) is 0.703. The number of carbonyl (C=O) groups excluding carboxylic acids is 2. The standard InChI is InChI=1S/C21H33N3O5/c1-20(2,3)28-18(26)23-15-11-13(16(25)12-15)10-14-8-7-9-17(22-14)24-19(27)29-21(4,5)6/h7-9,13,15-16,25H,10-12H2,1-6H3,(H,23,26)(H,22,24,27)/t13-,15?,16-/m1/s1. The molecule has 0 bridgehead atoms. The summed E-state index contributed by atoms with van der Waals surface area (Å²) < 4.78 is 10.5. The van der Waals surface area contributed by atoms with Crippen LogP contribution in [0.25, 0.3) is 0 Å². The minimum absolute atomic E-state index is 0.0424. The maximum atomic E-state index is 12.0. The third kappa shape index (κ3) is 8.27. The Hall–Kier alpha value is -2.35. The summed E-state index contributed by atoms with van der Waals surface area (Å²) in [5, 5.41) is 15.8. The second-order valence-electron chi connectivity index (χ2n) is 9.49. The number of amides is 2. The third-order valence-electron chi connectivity index (χ3n) is 4.29. The van der Waals surface area contributed by atoms with Crippen LogP contribution in [0.3, 0.4) is 0 Å². The first-order valence-electron chi connectivity index (χ1n) is 9.94. The maximum absolute atomic E-state index is 12.0. The van der Waals surface area contributed by atoms with E-state index in [2.05, 4.69) is 15.6 Å². The Morgan fingerprint density at radius 2 is 1.69 bits per heavy atom. The molecule has 3 atom stereocenters. The lowest BCUT2D eigenvalue weighted by molar-refractivity contribution is 0.0501. The van der Waals surface area contributed by atoms with Crippen LogP contribution in [0.2, 0.25) is 0 Å². The molecule has 2 amide bonds. The number of nitrogens with one attached hydrogen (secondary N) is 2. The number of aliphatic hydroxyl groups excluding tert-OH is 1. The predicted molar refractivity (Wildman–Crippen MR) is 110 cm³/mol. The molecular weight excluding hydrogens is 374 g/mol. The zero-order chi connectivity index (χ0) is 21.8. The first-order valence-corrected chi connectivity index (χ1v) is 9.94. The Labute approximate surface area is 172 Å². The van der Waals surface area contributed by atoms with Crippen molar-refractivity contribution in [2.75, 3.05) is 5.32 Å². The molecule has 1 saturated carbocycles. The molecule has 1 aliphatic rings. The Morgan fingerprint density at radius 1 is 1.07 bits per heavy atom. The molecule has 3 N–H and O–H groups in total. The first-order chi connectivity index (χ1) is 13.3. The van der Waals surface area contributed by atoms with Gasteiger partial charge < -0.3 is 19.9 Å². The zero-order valence-corrected chi connectivity index (χ0v) is 18.1. The third-order valence-corrected chi connectivity index (χ3v) is 4.29. The molecular formula is C21H33N3O5. The Morgan fingerprint density at radius 3 is 2.31 bits per heavy atom. The summed E-state index contributed by atoms with van der Waals surface area (Å²) in [7, 11) is 0. The fourth-order valence-electron chi connectivity index (χ4n) is 3.25. The Kier molecular flexibility index (Phi) is 7.11. The lowest BCUT2D eigenvalue weighted by atomic mass is 9.99. The summed E-state index contributed by atoms with van der Waals surface area (Å²) in [6, 6.07) is 5.19. The van der Waals surface area contributed by atoms with Gasteiger partial charge in [-0.1, -0.05) is 6.07 Å². The normalized spacial score (nSPS) is 22.1. The average molecular weight is 408 g/mol. The predicted octanol–water partition coefficient (Wildman–Crippen LogP) is 3.64. The minimum Gasteiger partial charge on any atom is -0.444 e. The fraction of sp³-hybridized carbons (Fsp3) is 0.667. The van der Waals surface area contributed by atoms with Gasteiger partial charge in [-0.3, -0.25) is 5.32 Å². The summed E-state index contributed by atoms with van der Waals surface area (Å²) in [6.07, 6.45) is 0.0595. The molecule has 0 spiro atoms. The maximum Gasteiger partial charge on any atom is 0.413 e. The van der Waals surface area contributed by atoms with Crippen molar-refractivity contribution in [2.24, 2.45) is 5.92 Å². The van der Waals surface area contributed by atoms with E-state index in [-0.39, 0.29) is 12.0 Å². The second-order valence-corrected chi connectivity index (χ2v) is 9.49. The van der Waals surface area contributed by atoms with Crippen LogP contribution in [0.1, 0.15) is 60.1 Å². The van der Waals surface area contributed by atoms with Crippen LogP contribution in [0.5, 0.6) is 0 Å². The lowest BCUT2D eigenvalue weighted by Gasteiger charge is -2.21. The molecule has 1 aromatic heterocycles. The number of hydrogen-bond acceptors (Lipinski definition) is 6. The Bertz CT molecular complexity index is 724. The number of pyridine rings is 1. The molecule has 8 nitrogen and oxygen atoms in total. The van der Waals surface area contributed by atoms with Crippen LogP contribution in [-0.4, -0.2) is 45.6 Å². The summed E-state index contributed by atoms with van der Waals surface area (Å²) >= 11 is 0. The highest BCUT2D eigenvalue weighted by atomic mass is 16.6. The zero-order valence-electron chi connectivity index (χ0n) is 18.1. The molecule has 1 aliphatic carbocycles. The molecule has 0 aliphatic heterocycles. The van der Waals surface area contributed by atoms with Gasteiger partial charge in [-0.2, -0.15) is 0 Å². The van der Waals surface area contributed by atoms with E-state index >= 15 is 0 Å². The van der Waals surface area contributed by atoms with E-state index in [1.807, 2.05) is 26.8 Å². The molecule has 0 radical (unpaired) electrons. The van der Waals surface area contributed by atoms with Gasteiger partial charge in [0.25, 0.3) is 0 Å². The fourth-order valence-corrected chi connectivity index (χ4v) is 3.25. The number of aliphatic hydroxyl groups is 1. The lowest BCUT2D eigenvalue weighted by Crippen LogP contribution is -2.38. The average Bonchev–Trinajstić information content (AvgIpc) is 2.82. The van der Waals surface area contributed by atoms with E-state index in [1.54, 1.807) is 32.9 Å². The van der Waals surface area contributed by atoms with E-state index in [9.17, 15) is 14.7 Å². The van der Waals surface area contributed by atoms with Crippen LogP contribution >= 0.6 is 0 Å². The van der Waals surface area contributed by atoms with Gasteiger partial charge in [-0.15, -0.1) is 0 Å². The van der Waals surface area contributed by atoms with Crippen LogP contribution in [0.15, 0.2) is 18.2 Å². The highest BCUT2D eigenvalue weighted by molar-refractivity contribution is 5.83. The van der Waals surface area contributed by atoms with Crippen molar-refractivity contribution in [1.82, 2.24) is 10.3 Å². The van der Waals surface area contributed by atoms with Crippen LogP contribution < -0.4 is 10.6 Å². The van der Waals surface area contributed by atoms with Gasteiger partial charge in [0, 0.05) is 11.7 Å². The van der Waals surface area contributed by atoms with Crippen molar-refractivity contribution in [2.45, 2.75) is 84.2 Å². The number of carbonyl (C=O) groups is 2. The minimum atomic E-state index is -0.591. The van der Waals surface area contributed by atoms with Crippen LogP contribution in [0, 0.1) is 5.92 Å². The molecule has 162 valence electrons. The Balaban J connectivity index is 1.91. The van der Waals surface area contributed by atoms with Crippen LogP contribution in [-0.2, 0) is 15.9 Å². The number of anilines is 1. The van der Waals surface area contributed by atoms with Crippen molar-refractivity contribution < 1.29 is 24.2 Å². The molecule has 0 saturated heterocycles. The number of aromatic nitrogens is 1. The summed E-state index contributed by atoms with van der Waals surface area (Å²) in [5.74, 6) is 0.354. The molecule has 1 unspecified atom stereocenters. The van der Waals surface area contributed by atoms with Gasteiger partial charge in [0.05, 0.1) is 6.10 Å². The molecule has 8 heteroatoms. The molecule has 2 rings (SSSR count). The summed E-state index contributed by atoms with van der Waals surface area (Å²) in [6.45, 7) is 10.8. The van der Waals surface area contributed by atoms with E-state index < -0.39 is 29.5 Å². The summed E-state index contributed by atoms with van der Waals surface area (Å²) in [5.41, 5.74) is -0.404. The highest BCUT2D eigenvalue weighted by Gasteiger charge is 2.35. The molecule has 1 fully saturated rings. The van der Waals surface area contributed by atoms with Gasteiger partial charge >= 0.3 is 12.2 Å². The molecule has 1 aromatic rings. The van der Waals surface area contributed by atoms with E-state index in [0.717, 1.165) is 5.69 Å². The van der Waals surface area contributed by atoms with Crippen molar-refractivity contribution in [3.05, 3.63) is 23.9 Å². The first kappa shape index (κ1) is 22.9. The second kappa shape index (κ2) is 8.98. The van der Waals surface area contributed by atoms with Crippen molar-refractivity contribution in [3.63, 3.8) is 0 Å². The van der Waals surface area contributed by atoms with Gasteiger partial charge in [0.1, 0.15) is 17.0 Å². The van der Waals surface area contributed by atoms with Crippen molar-refractivity contribution >= 4 is 18.0 Å². The van der Waals surface area contributed by atoms with Crippen LogP contribution in [0.4, 0.5) is 15.4 Å². The number of nitrogens with zero attached hydrogens (tertiary/aromatic N) is 1. The van der Waals surface area contributed by atoms with E-state index in [0.29, 0.717) is 25.1 Å². The molecule has 29 heavy (non-hydrogen) atoms. The molecule has 1 heterocycles. The van der Waals surface area contributed by atoms with Gasteiger partial charge in [0.15, 0.2) is 0 Å². The monoisotopic (exact) mass is 407 g/mol. The number of hydrogen-bond donors (Lipinski definition) is 3. The smallest absolute Gasteiger partial charge is 0.413 e. The topological polar surface area (TPSA) is 110 Å². The number of alkyl carbamates (subject to hydrolysis) is 1. The number of ether oxygens (including phenoxy) is 2. The molecule has 0 aromatic carbocycles. The van der Waals surface area contributed by atoms with Gasteiger partial charge in [0.2, 0.25) is 0 Å². The largest absolute Gasteiger partial charge is 0.444 e. The number of rotatable bonds is 4. The van der Waals surface area contributed by atoms with Crippen molar-refractivity contribution in [3.8, 4) is 0 Å². The van der Waals surface area contributed by atoms with E-state index in [4.69, 9.17) is 9.47 Å². The van der Waals surface area contributed by atoms with E-state index in [1.165, 1.54) is 0 Å². The highest BCUT2D eigenvalue weighted by Crippen LogP contribution is 2.29. The van der Waals surface area contributed by atoms with Gasteiger partial charge in [-0.25, -0.2) is 14.6 Å². The van der Waals surface area contributed by atoms with Gasteiger partial charge in [-0.05, 0) is 78.9 Å². The van der Waals surface area contributed by atoms with Crippen molar-refractivity contribution in [1.29, 1.82) is 0 Å². The summed E-state index contributed by atoms with van der Waals surface area (Å²) in [4.78, 5) is 28.3. The SMILES string of the molecule is CC(C)(C)OC(=O)Nc1cccc(C[C@@H]2CC(NC(=O)OC(C)(C)C)C[C@H]2O)n1.